The van der Waals surface area contributed by atoms with E-state index in [1.807, 2.05) is 0 Å². The Morgan fingerprint density at radius 2 is 1.93 bits per heavy atom. The number of allylic oxidation sites excluding steroid dienone is 1. The molecule has 0 saturated heterocycles. The number of hydrogen-bond acceptors (Lipinski definition) is 5. The summed E-state index contributed by atoms with van der Waals surface area (Å²) < 4.78 is 15.8. The van der Waals surface area contributed by atoms with E-state index >= 15 is 0 Å². The molecular weight excluding hydrogens is 391 g/mol. The van der Waals surface area contributed by atoms with Gasteiger partial charge in [0.1, 0.15) is 18.1 Å². The van der Waals surface area contributed by atoms with Gasteiger partial charge in [0.15, 0.2) is 12.4 Å². The summed E-state index contributed by atoms with van der Waals surface area (Å²) in [6.45, 7) is 3.31. The zero-order valence-corrected chi connectivity index (χ0v) is 15.5. The largest absolute Gasteiger partial charge is 0.482 e. The second kappa shape index (κ2) is 8.29. The van der Waals surface area contributed by atoms with Crippen LogP contribution in [0.15, 0.2) is 54.8 Å². The van der Waals surface area contributed by atoms with Crippen LogP contribution in [0, 0.1) is 0 Å². The Kier molecular flexibility index (Phi) is 5.84. The zero-order valence-electron chi connectivity index (χ0n) is 14.0. The number of esters is 1. The first kappa shape index (κ1) is 19.0. The van der Waals surface area contributed by atoms with E-state index in [1.165, 1.54) is 18.2 Å². The molecule has 7 heteroatoms. The van der Waals surface area contributed by atoms with Crippen molar-refractivity contribution >= 4 is 41.0 Å². The van der Waals surface area contributed by atoms with Crippen molar-refractivity contribution in [1.29, 1.82) is 0 Å². The fourth-order valence-electron chi connectivity index (χ4n) is 2.37. The van der Waals surface area contributed by atoms with Crippen LogP contribution in [-0.2, 0) is 9.53 Å². The lowest BCUT2D eigenvalue weighted by atomic mass is 10.1. The maximum Gasteiger partial charge on any atom is 0.344 e. The van der Waals surface area contributed by atoms with E-state index in [4.69, 9.17) is 37.4 Å². The number of carbonyl (C=O) groups excluding carboxylic acids is 2. The molecule has 138 valence electrons. The van der Waals surface area contributed by atoms with Crippen LogP contribution in [-0.4, -0.2) is 25.0 Å². The van der Waals surface area contributed by atoms with Gasteiger partial charge in [0.25, 0.3) is 0 Å². The molecule has 0 aromatic heterocycles. The Balaban J connectivity index is 1.76. The Bertz CT molecular complexity index is 929. The number of benzene rings is 2. The van der Waals surface area contributed by atoms with Crippen molar-refractivity contribution < 1.29 is 23.8 Å². The van der Waals surface area contributed by atoms with Crippen LogP contribution in [0.1, 0.15) is 15.9 Å². The lowest BCUT2D eigenvalue weighted by Crippen LogP contribution is -2.14. The minimum atomic E-state index is -0.527. The van der Waals surface area contributed by atoms with E-state index in [1.54, 1.807) is 30.3 Å². The van der Waals surface area contributed by atoms with Crippen LogP contribution in [0.2, 0.25) is 10.0 Å². The molecule has 0 spiro atoms. The summed E-state index contributed by atoms with van der Waals surface area (Å²) in [5.41, 5.74) is 0.879. The maximum atomic E-state index is 12.5. The molecule has 0 unspecified atom stereocenters. The minimum Gasteiger partial charge on any atom is -0.482 e. The number of halogens is 2. The third kappa shape index (κ3) is 4.32. The second-order valence-electron chi connectivity index (χ2n) is 5.49. The third-order valence-corrected chi connectivity index (χ3v) is 4.29. The van der Waals surface area contributed by atoms with Crippen molar-refractivity contribution in [3.8, 4) is 11.5 Å². The lowest BCUT2D eigenvalue weighted by Gasteiger charge is -2.06. The standard InChI is InChI=1S/C20H14Cl2O5/c1-2-8-25-19(23)11-26-12-6-7-13-17(9-12)27-18(20(13)24)10-14-15(21)4-3-5-16(14)22/h2-7,9-10H,1,8,11H2/b18-10-. The van der Waals surface area contributed by atoms with Crippen LogP contribution >= 0.6 is 23.2 Å². The molecule has 2 aromatic carbocycles. The molecule has 0 radical (unpaired) electrons. The third-order valence-electron chi connectivity index (χ3n) is 3.64. The Morgan fingerprint density at radius 1 is 1.19 bits per heavy atom. The highest BCUT2D eigenvalue weighted by Crippen LogP contribution is 2.36. The van der Waals surface area contributed by atoms with Gasteiger partial charge in [-0.2, -0.15) is 0 Å². The summed E-state index contributed by atoms with van der Waals surface area (Å²) in [7, 11) is 0. The minimum absolute atomic E-state index is 0.0996. The van der Waals surface area contributed by atoms with Gasteiger partial charge in [-0.3, -0.25) is 4.79 Å². The number of carbonyl (C=O) groups is 2. The van der Waals surface area contributed by atoms with Gasteiger partial charge in [-0.1, -0.05) is 41.9 Å². The average molecular weight is 405 g/mol. The predicted octanol–water partition coefficient (Wildman–Crippen LogP) is 4.72. The molecule has 0 amide bonds. The maximum absolute atomic E-state index is 12.5. The number of ether oxygens (including phenoxy) is 3. The predicted molar refractivity (Wildman–Crippen MR) is 102 cm³/mol. The summed E-state index contributed by atoms with van der Waals surface area (Å²) in [6.07, 6.45) is 2.96. The second-order valence-corrected chi connectivity index (χ2v) is 6.31. The first-order chi connectivity index (χ1) is 13.0. The number of Topliss-reactive ketones (excluding diaryl/α,β-unsaturated/α-hetero) is 1. The van der Waals surface area contributed by atoms with Gasteiger partial charge in [0.2, 0.25) is 5.78 Å². The summed E-state index contributed by atoms with van der Waals surface area (Å²) in [5.74, 6) is -0.0256. The van der Waals surface area contributed by atoms with Crippen molar-refractivity contribution in [1.82, 2.24) is 0 Å². The topological polar surface area (TPSA) is 61.8 Å². The van der Waals surface area contributed by atoms with Gasteiger partial charge < -0.3 is 14.2 Å². The molecule has 0 fully saturated rings. The van der Waals surface area contributed by atoms with Crippen molar-refractivity contribution in [3.63, 3.8) is 0 Å². The molecule has 1 heterocycles. The van der Waals surface area contributed by atoms with Crippen LogP contribution in [0.4, 0.5) is 0 Å². The summed E-state index contributed by atoms with van der Waals surface area (Å²) in [5, 5.41) is 0.814. The van der Waals surface area contributed by atoms with E-state index in [0.717, 1.165) is 0 Å². The van der Waals surface area contributed by atoms with Gasteiger partial charge in [-0.15, -0.1) is 0 Å². The molecule has 3 rings (SSSR count). The Morgan fingerprint density at radius 3 is 2.63 bits per heavy atom. The summed E-state index contributed by atoms with van der Waals surface area (Å²) in [4.78, 5) is 24.0. The van der Waals surface area contributed by atoms with Gasteiger partial charge in [0, 0.05) is 21.7 Å². The highest BCUT2D eigenvalue weighted by Gasteiger charge is 2.28. The molecule has 1 aliphatic heterocycles. The van der Waals surface area contributed by atoms with E-state index in [2.05, 4.69) is 6.58 Å². The van der Waals surface area contributed by atoms with Crippen LogP contribution in [0.3, 0.4) is 0 Å². The Labute approximate surface area is 165 Å². The molecule has 0 aliphatic carbocycles. The molecule has 5 nitrogen and oxygen atoms in total. The fourth-order valence-corrected chi connectivity index (χ4v) is 2.88. The highest BCUT2D eigenvalue weighted by molar-refractivity contribution is 6.37. The Hall–Kier alpha value is -2.76. The quantitative estimate of drug-likeness (QED) is 0.396. The lowest BCUT2D eigenvalue weighted by molar-refractivity contribution is -0.144. The van der Waals surface area contributed by atoms with Gasteiger partial charge in [-0.25, -0.2) is 4.79 Å². The van der Waals surface area contributed by atoms with E-state index < -0.39 is 5.97 Å². The van der Waals surface area contributed by atoms with E-state index in [-0.39, 0.29) is 24.8 Å². The molecule has 0 N–H and O–H groups in total. The van der Waals surface area contributed by atoms with Gasteiger partial charge >= 0.3 is 5.97 Å². The SMILES string of the molecule is C=CCOC(=O)COc1ccc2c(c1)O/C(=C\c1c(Cl)cccc1Cl)C2=O. The molecule has 1 aliphatic rings. The van der Waals surface area contributed by atoms with Gasteiger partial charge in [-0.05, 0) is 30.3 Å². The molecule has 0 bridgehead atoms. The summed E-state index contributed by atoms with van der Waals surface area (Å²) in [6, 6.07) is 9.72. The van der Waals surface area contributed by atoms with Crippen LogP contribution in [0.5, 0.6) is 11.5 Å². The van der Waals surface area contributed by atoms with Gasteiger partial charge in [0.05, 0.1) is 5.56 Å². The van der Waals surface area contributed by atoms with Crippen molar-refractivity contribution in [2.45, 2.75) is 0 Å². The molecular formula is C20H14Cl2O5. The van der Waals surface area contributed by atoms with E-state index in [9.17, 15) is 9.59 Å². The number of rotatable bonds is 6. The molecule has 0 atom stereocenters. The normalized spacial score (nSPS) is 13.9. The highest BCUT2D eigenvalue weighted by atomic mass is 35.5. The first-order valence-corrected chi connectivity index (χ1v) is 8.67. The smallest absolute Gasteiger partial charge is 0.344 e. The van der Waals surface area contributed by atoms with E-state index in [0.29, 0.717) is 32.7 Å². The number of hydrogen-bond donors (Lipinski definition) is 0. The summed E-state index contributed by atoms with van der Waals surface area (Å²) >= 11 is 12.3. The van der Waals surface area contributed by atoms with Crippen molar-refractivity contribution in [2.24, 2.45) is 0 Å². The number of ketones is 1. The zero-order chi connectivity index (χ0) is 19.4. The number of fused-ring (bicyclic) bond motifs is 1. The first-order valence-electron chi connectivity index (χ1n) is 7.91. The molecule has 0 saturated carbocycles. The van der Waals surface area contributed by atoms with Crippen LogP contribution in [0.25, 0.3) is 6.08 Å². The fraction of sp³-hybridized carbons (Fsp3) is 0.100. The van der Waals surface area contributed by atoms with Crippen molar-refractivity contribution in [3.05, 3.63) is 76.0 Å². The van der Waals surface area contributed by atoms with Crippen molar-refractivity contribution in [2.75, 3.05) is 13.2 Å². The van der Waals surface area contributed by atoms with Crippen LogP contribution < -0.4 is 9.47 Å². The average Bonchev–Trinajstić information content (AvgIpc) is 2.96. The molecule has 27 heavy (non-hydrogen) atoms. The monoisotopic (exact) mass is 404 g/mol. The molecule has 2 aromatic rings.